The second-order valence-electron chi connectivity index (χ2n) is 5.73. The third-order valence-electron chi connectivity index (χ3n) is 4.27. The molecule has 0 saturated heterocycles. The Morgan fingerprint density at radius 1 is 1.22 bits per heavy atom. The van der Waals surface area contributed by atoms with E-state index in [0.29, 0.717) is 17.4 Å². The SMILES string of the molecule is CC(C)C1CCC(N)C(c2cccc(F)c2F)C1. The van der Waals surface area contributed by atoms with Crippen molar-refractivity contribution in [3.63, 3.8) is 0 Å². The summed E-state index contributed by atoms with van der Waals surface area (Å²) in [5, 5.41) is 0. The van der Waals surface area contributed by atoms with Crippen LogP contribution in [-0.4, -0.2) is 6.04 Å². The lowest BCUT2D eigenvalue weighted by Crippen LogP contribution is -2.36. The lowest BCUT2D eigenvalue weighted by Gasteiger charge is -2.36. The Hall–Kier alpha value is -0.960. The summed E-state index contributed by atoms with van der Waals surface area (Å²) in [5.41, 5.74) is 6.55. The second kappa shape index (κ2) is 5.35. The highest BCUT2D eigenvalue weighted by Gasteiger charge is 2.32. The molecule has 0 aliphatic heterocycles. The Morgan fingerprint density at radius 2 is 1.94 bits per heavy atom. The van der Waals surface area contributed by atoms with Crippen molar-refractivity contribution < 1.29 is 8.78 Å². The summed E-state index contributed by atoms with van der Waals surface area (Å²) in [7, 11) is 0. The van der Waals surface area contributed by atoms with Gasteiger partial charge in [-0.05, 0) is 42.7 Å². The molecule has 0 radical (unpaired) electrons. The third-order valence-corrected chi connectivity index (χ3v) is 4.27. The Morgan fingerprint density at radius 3 is 2.61 bits per heavy atom. The van der Waals surface area contributed by atoms with Crippen molar-refractivity contribution in [1.29, 1.82) is 0 Å². The minimum atomic E-state index is -0.772. The first-order valence-corrected chi connectivity index (χ1v) is 6.70. The fourth-order valence-corrected chi connectivity index (χ4v) is 3.00. The summed E-state index contributed by atoms with van der Waals surface area (Å²) in [6.45, 7) is 4.36. The van der Waals surface area contributed by atoms with E-state index in [1.165, 1.54) is 0 Å². The summed E-state index contributed by atoms with van der Waals surface area (Å²) in [5.74, 6) is -0.426. The van der Waals surface area contributed by atoms with E-state index in [0.717, 1.165) is 25.3 Å². The average Bonchev–Trinajstić information content (AvgIpc) is 2.33. The van der Waals surface area contributed by atoms with Gasteiger partial charge in [0.1, 0.15) is 0 Å². The molecule has 1 aromatic carbocycles. The standard InChI is InChI=1S/C15H21F2N/c1-9(2)10-6-7-14(18)12(8-10)11-4-3-5-13(16)15(11)17/h3-5,9-10,12,14H,6-8,18H2,1-2H3. The van der Waals surface area contributed by atoms with Gasteiger partial charge in [-0.15, -0.1) is 0 Å². The van der Waals surface area contributed by atoms with Crippen LogP contribution in [0.1, 0.15) is 44.6 Å². The molecule has 1 fully saturated rings. The van der Waals surface area contributed by atoms with E-state index in [1.54, 1.807) is 12.1 Å². The van der Waals surface area contributed by atoms with E-state index >= 15 is 0 Å². The van der Waals surface area contributed by atoms with Crippen LogP contribution in [0.5, 0.6) is 0 Å². The maximum absolute atomic E-state index is 13.9. The first-order valence-electron chi connectivity index (χ1n) is 6.70. The first-order chi connectivity index (χ1) is 8.50. The molecule has 3 heteroatoms. The summed E-state index contributed by atoms with van der Waals surface area (Å²) in [6.07, 6.45) is 2.84. The molecule has 0 bridgehead atoms. The van der Waals surface area contributed by atoms with E-state index < -0.39 is 11.6 Å². The van der Waals surface area contributed by atoms with Crippen molar-refractivity contribution in [1.82, 2.24) is 0 Å². The van der Waals surface area contributed by atoms with Gasteiger partial charge in [-0.2, -0.15) is 0 Å². The molecular weight excluding hydrogens is 232 g/mol. The summed E-state index contributed by atoms with van der Waals surface area (Å²) in [4.78, 5) is 0. The quantitative estimate of drug-likeness (QED) is 0.851. The van der Waals surface area contributed by atoms with Crippen molar-refractivity contribution >= 4 is 0 Å². The molecule has 0 amide bonds. The molecule has 100 valence electrons. The van der Waals surface area contributed by atoms with Crippen LogP contribution in [-0.2, 0) is 0 Å². The lowest BCUT2D eigenvalue weighted by molar-refractivity contribution is 0.229. The Labute approximate surface area is 107 Å². The number of halogens is 2. The summed E-state index contributed by atoms with van der Waals surface area (Å²) in [6, 6.07) is 4.34. The average molecular weight is 253 g/mol. The maximum Gasteiger partial charge on any atom is 0.162 e. The predicted octanol–water partition coefficient (Wildman–Crippen LogP) is 3.83. The van der Waals surface area contributed by atoms with Gasteiger partial charge < -0.3 is 5.73 Å². The molecule has 0 aromatic heterocycles. The molecule has 0 spiro atoms. The zero-order valence-corrected chi connectivity index (χ0v) is 11.0. The molecule has 3 atom stereocenters. The van der Waals surface area contributed by atoms with Crippen molar-refractivity contribution in [2.75, 3.05) is 0 Å². The normalized spacial score (nSPS) is 28.7. The topological polar surface area (TPSA) is 26.0 Å². The molecule has 18 heavy (non-hydrogen) atoms. The zero-order chi connectivity index (χ0) is 13.3. The van der Waals surface area contributed by atoms with Gasteiger partial charge in [-0.1, -0.05) is 26.0 Å². The molecule has 1 nitrogen and oxygen atoms in total. The van der Waals surface area contributed by atoms with Crippen molar-refractivity contribution in [2.45, 2.75) is 45.1 Å². The lowest BCUT2D eigenvalue weighted by atomic mass is 9.71. The van der Waals surface area contributed by atoms with Crippen molar-refractivity contribution in [2.24, 2.45) is 17.6 Å². The molecule has 2 N–H and O–H groups in total. The van der Waals surface area contributed by atoms with Crippen LogP contribution < -0.4 is 5.73 Å². The van der Waals surface area contributed by atoms with Gasteiger partial charge in [-0.3, -0.25) is 0 Å². The second-order valence-corrected chi connectivity index (χ2v) is 5.73. The van der Waals surface area contributed by atoms with Crippen LogP contribution in [0.15, 0.2) is 18.2 Å². The van der Waals surface area contributed by atoms with Crippen LogP contribution >= 0.6 is 0 Å². The fraction of sp³-hybridized carbons (Fsp3) is 0.600. The highest BCUT2D eigenvalue weighted by Crippen LogP contribution is 2.39. The molecule has 3 unspecified atom stereocenters. The van der Waals surface area contributed by atoms with Crippen LogP contribution in [0.2, 0.25) is 0 Å². The van der Waals surface area contributed by atoms with Crippen molar-refractivity contribution in [3.05, 3.63) is 35.4 Å². The number of benzene rings is 1. The Kier molecular flexibility index (Phi) is 4.00. The van der Waals surface area contributed by atoms with Gasteiger partial charge in [0.05, 0.1) is 0 Å². The molecule has 1 aliphatic carbocycles. The molecule has 1 aliphatic rings. The number of rotatable bonds is 2. The van der Waals surface area contributed by atoms with Gasteiger partial charge >= 0.3 is 0 Å². The van der Waals surface area contributed by atoms with Gasteiger partial charge in [0.15, 0.2) is 11.6 Å². The Balaban J connectivity index is 2.27. The van der Waals surface area contributed by atoms with Gasteiger partial charge in [0, 0.05) is 12.0 Å². The number of hydrogen-bond donors (Lipinski definition) is 1. The van der Waals surface area contributed by atoms with E-state index in [9.17, 15) is 8.78 Å². The molecule has 1 aromatic rings. The predicted molar refractivity (Wildman–Crippen MR) is 69.3 cm³/mol. The first kappa shape index (κ1) is 13.5. The number of nitrogens with two attached hydrogens (primary N) is 1. The summed E-state index contributed by atoms with van der Waals surface area (Å²) < 4.78 is 27.2. The highest BCUT2D eigenvalue weighted by molar-refractivity contribution is 5.25. The fourth-order valence-electron chi connectivity index (χ4n) is 3.00. The minimum Gasteiger partial charge on any atom is -0.327 e. The largest absolute Gasteiger partial charge is 0.327 e. The van der Waals surface area contributed by atoms with E-state index in [2.05, 4.69) is 13.8 Å². The smallest absolute Gasteiger partial charge is 0.162 e. The maximum atomic E-state index is 13.9. The van der Waals surface area contributed by atoms with E-state index in [-0.39, 0.29) is 12.0 Å². The number of hydrogen-bond acceptors (Lipinski definition) is 1. The zero-order valence-electron chi connectivity index (χ0n) is 11.0. The van der Waals surface area contributed by atoms with Crippen molar-refractivity contribution in [3.8, 4) is 0 Å². The van der Waals surface area contributed by atoms with E-state index in [1.807, 2.05) is 0 Å². The minimum absolute atomic E-state index is 0.0538. The van der Waals surface area contributed by atoms with Gasteiger partial charge in [-0.25, -0.2) is 8.78 Å². The van der Waals surface area contributed by atoms with Gasteiger partial charge in [0.2, 0.25) is 0 Å². The molecule has 1 saturated carbocycles. The molecule has 2 rings (SSSR count). The highest BCUT2D eigenvalue weighted by atomic mass is 19.2. The third kappa shape index (κ3) is 2.56. The molecule has 0 heterocycles. The Bertz CT molecular complexity index is 417. The summed E-state index contributed by atoms with van der Waals surface area (Å²) >= 11 is 0. The molecular formula is C15H21F2N. The van der Waals surface area contributed by atoms with E-state index in [4.69, 9.17) is 5.73 Å². The van der Waals surface area contributed by atoms with Crippen LogP contribution in [0.25, 0.3) is 0 Å². The van der Waals surface area contributed by atoms with Gasteiger partial charge in [0.25, 0.3) is 0 Å². The van der Waals surface area contributed by atoms with Crippen LogP contribution in [0, 0.1) is 23.5 Å². The monoisotopic (exact) mass is 253 g/mol. The van der Waals surface area contributed by atoms with Crippen LogP contribution in [0.3, 0.4) is 0 Å². The van der Waals surface area contributed by atoms with Crippen LogP contribution in [0.4, 0.5) is 8.78 Å².